The highest BCUT2D eigenvalue weighted by Crippen LogP contribution is 2.32. The van der Waals surface area contributed by atoms with E-state index in [2.05, 4.69) is 31.4 Å². The number of hydrogen-bond acceptors (Lipinski definition) is 8. The third-order valence-electron chi connectivity index (χ3n) is 5.74. The standard InChI is InChI=1S/C25H28N6O3/c1-15-6-22(23(11-26-15)34-13-18-8-21(32)14-33-12-18)19-4-5-31-20(9-19)10-25(30-31)29-24-7-16(2)27-17(3)28-24/h4-7,9-11,18,21,32H,8,12-14H2,1-3H3,(H,27,28,29,30)/t18-,21+/m0/s1. The van der Waals surface area contributed by atoms with E-state index >= 15 is 0 Å². The second-order valence-electron chi connectivity index (χ2n) is 8.81. The number of anilines is 2. The van der Waals surface area contributed by atoms with Crippen LogP contribution in [0.4, 0.5) is 11.6 Å². The highest BCUT2D eigenvalue weighted by molar-refractivity contribution is 5.75. The maximum atomic E-state index is 9.86. The van der Waals surface area contributed by atoms with Crippen molar-refractivity contribution < 1.29 is 14.6 Å². The zero-order valence-corrected chi connectivity index (χ0v) is 19.5. The van der Waals surface area contributed by atoms with Gasteiger partial charge in [-0.05, 0) is 51.0 Å². The fourth-order valence-electron chi connectivity index (χ4n) is 4.24. The van der Waals surface area contributed by atoms with Gasteiger partial charge in [-0.25, -0.2) is 14.5 Å². The monoisotopic (exact) mass is 460 g/mol. The maximum Gasteiger partial charge on any atom is 0.154 e. The summed E-state index contributed by atoms with van der Waals surface area (Å²) in [5.41, 5.74) is 4.71. The van der Waals surface area contributed by atoms with E-state index < -0.39 is 6.10 Å². The first kappa shape index (κ1) is 22.2. The molecule has 0 aliphatic carbocycles. The van der Waals surface area contributed by atoms with Crippen LogP contribution in [0.1, 0.15) is 23.6 Å². The first-order valence-corrected chi connectivity index (χ1v) is 11.4. The van der Waals surface area contributed by atoms with Crippen molar-refractivity contribution in [3.63, 3.8) is 0 Å². The molecule has 0 radical (unpaired) electrons. The highest BCUT2D eigenvalue weighted by atomic mass is 16.5. The van der Waals surface area contributed by atoms with Crippen LogP contribution in [0.5, 0.6) is 5.75 Å². The highest BCUT2D eigenvalue weighted by Gasteiger charge is 2.22. The molecule has 2 N–H and O–H groups in total. The Bertz CT molecular complexity index is 1300. The number of nitrogens with one attached hydrogen (secondary N) is 1. The lowest BCUT2D eigenvalue weighted by Crippen LogP contribution is -2.32. The Morgan fingerprint density at radius 3 is 2.79 bits per heavy atom. The smallest absolute Gasteiger partial charge is 0.154 e. The first-order valence-electron chi connectivity index (χ1n) is 11.4. The van der Waals surface area contributed by atoms with Crippen molar-refractivity contribution in [3.05, 3.63) is 59.9 Å². The van der Waals surface area contributed by atoms with Crippen LogP contribution in [0.15, 0.2) is 42.7 Å². The molecule has 0 bridgehead atoms. The van der Waals surface area contributed by atoms with Gasteiger partial charge >= 0.3 is 0 Å². The summed E-state index contributed by atoms with van der Waals surface area (Å²) < 4.78 is 13.4. The molecule has 4 aromatic rings. The van der Waals surface area contributed by atoms with E-state index in [9.17, 15) is 5.11 Å². The predicted molar refractivity (Wildman–Crippen MR) is 128 cm³/mol. The van der Waals surface area contributed by atoms with E-state index in [0.29, 0.717) is 49.5 Å². The number of nitrogens with zero attached hydrogens (tertiary/aromatic N) is 5. The van der Waals surface area contributed by atoms with Gasteiger partial charge in [-0.15, -0.1) is 0 Å². The molecule has 1 saturated heterocycles. The molecule has 0 aromatic carbocycles. The van der Waals surface area contributed by atoms with Crippen molar-refractivity contribution in [3.8, 4) is 16.9 Å². The summed E-state index contributed by atoms with van der Waals surface area (Å²) in [6, 6.07) is 9.98. The fraction of sp³-hybridized carbons (Fsp3) is 0.360. The maximum absolute atomic E-state index is 9.86. The largest absolute Gasteiger partial charge is 0.491 e. The number of ether oxygens (including phenoxy) is 2. The molecule has 0 unspecified atom stereocenters. The molecule has 0 amide bonds. The van der Waals surface area contributed by atoms with Gasteiger partial charge in [0.25, 0.3) is 0 Å². The lowest BCUT2D eigenvalue weighted by atomic mass is 10.0. The SMILES string of the molecule is Cc1cc(-c2ccn3nc(Nc4cc(C)nc(C)n4)cc3c2)c(OC[C@@H]2COC[C@H](O)C2)cn1. The fourth-order valence-corrected chi connectivity index (χ4v) is 4.24. The van der Waals surface area contributed by atoms with Gasteiger partial charge in [-0.2, -0.15) is 5.10 Å². The van der Waals surface area contributed by atoms with Gasteiger partial charge in [-0.1, -0.05) is 0 Å². The second-order valence-corrected chi connectivity index (χ2v) is 8.81. The Balaban J connectivity index is 1.39. The minimum atomic E-state index is -0.430. The Morgan fingerprint density at radius 1 is 1.09 bits per heavy atom. The zero-order valence-electron chi connectivity index (χ0n) is 19.5. The zero-order chi connectivity index (χ0) is 23.7. The number of aliphatic hydroxyl groups excluding tert-OH is 1. The van der Waals surface area contributed by atoms with E-state index in [1.807, 2.05) is 55.7 Å². The number of fused-ring (bicyclic) bond motifs is 1. The van der Waals surface area contributed by atoms with Crippen LogP contribution in [-0.2, 0) is 4.74 Å². The van der Waals surface area contributed by atoms with Gasteiger partial charge in [0.15, 0.2) is 5.82 Å². The lowest BCUT2D eigenvalue weighted by molar-refractivity contribution is -0.0458. The molecule has 5 rings (SSSR count). The molecule has 34 heavy (non-hydrogen) atoms. The summed E-state index contributed by atoms with van der Waals surface area (Å²) in [7, 11) is 0. The number of pyridine rings is 2. The van der Waals surface area contributed by atoms with E-state index in [1.54, 1.807) is 6.20 Å². The predicted octanol–water partition coefficient (Wildman–Crippen LogP) is 3.63. The molecular weight excluding hydrogens is 432 g/mol. The van der Waals surface area contributed by atoms with Crippen LogP contribution in [-0.4, -0.2) is 55.6 Å². The van der Waals surface area contributed by atoms with Crippen molar-refractivity contribution in [1.82, 2.24) is 24.6 Å². The summed E-state index contributed by atoms with van der Waals surface area (Å²) in [5, 5.41) is 17.7. The number of hydrogen-bond donors (Lipinski definition) is 2. The van der Waals surface area contributed by atoms with Crippen LogP contribution in [0, 0.1) is 26.7 Å². The summed E-state index contributed by atoms with van der Waals surface area (Å²) in [4.78, 5) is 13.2. The summed E-state index contributed by atoms with van der Waals surface area (Å²) >= 11 is 0. The molecule has 1 fully saturated rings. The van der Waals surface area contributed by atoms with Crippen LogP contribution >= 0.6 is 0 Å². The molecule has 0 spiro atoms. The Kier molecular flexibility index (Phi) is 6.12. The molecular formula is C25H28N6O3. The average molecular weight is 461 g/mol. The number of aryl methyl sites for hydroxylation is 3. The van der Waals surface area contributed by atoms with Crippen molar-refractivity contribution >= 4 is 17.2 Å². The van der Waals surface area contributed by atoms with Gasteiger partial charge in [-0.3, -0.25) is 4.98 Å². The second kappa shape index (κ2) is 9.36. The molecule has 1 aliphatic heterocycles. The first-order chi connectivity index (χ1) is 16.4. The molecule has 4 aromatic heterocycles. The summed E-state index contributed by atoms with van der Waals surface area (Å²) in [6.07, 6.45) is 3.94. The molecule has 1 aliphatic rings. The molecule has 5 heterocycles. The number of aliphatic hydroxyl groups is 1. The Hall–Kier alpha value is -3.56. The number of aromatic nitrogens is 5. The van der Waals surface area contributed by atoms with Gasteiger partial charge in [0.1, 0.15) is 17.4 Å². The van der Waals surface area contributed by atoms with Gasteiger partial charge in [0, 0.05) is 41.2 Å². The van der Waals surface area contributed by atoms with E-state index in [-0.39, 0.29) is 5.92 Å². The van der Waals surface area contributed by atoms with Crippen molar-refractivity contribution in [2.45, 2.75) is 33.3 Å². The van der Waals surface area contributed by atoms with Crippen molar-refractivity contribution in [1.29, 1.82) is 0 Å². The lowest BCUT2D eigenvalue weighted by Gasteiger charge is -2.26. The molecule has 9 heteroatoms. The topological polar surface area (TPSA) is 107 Å². The molecule has 2 atom stereocenters. The van der Waals surface area contributed by atoms with Gasteiger partial charge in [0.2, 0.25) is 0 Å². The average Bonchev–Trinajstić information content (AvgIpc) is 3.19. The van der Waals surface area contributed by atoms with E-state index in [1.165, 1.54) is 0 Å². The third-order valence-corrected chi connectivity index (χ3v) is 5.74. The van der Waals surface area contributed by atoms with Crippen molar-refractivity contribution in [2.24, 2.45) is 5.92 Å². The summed E-state index contributed by atoms with van der Waals surface area (Å²) in [5.74, 6) is 2.99. The third kappa shape index (κ3) is 5.00. The minimum Gasteiger partial charge on any atom is -0.491 e. The Labute approximate surface area is 197 Å². The summed E-state index contributed by atoms with van der Waals surface area (Å²) in [6.45, 7) is 7.23. The minimum absolute atomic E-state index is 0.151. The van der Waals surface area contributed by atoms with Crippen LogP contribution in [0.2, 0.25) is 0 Å². The van der Waals surface area contributed by atoms with E-state index in [0.717, 1.165) is 28.0 Å². The number of rotatable bonds is 6. The Morgan fingerprint density at radius 2 is 1.97 bits per heavy atom. The van der Waals surface area contributed by atoms with Crippen LogP contribution < -0.4 is 10.1 Å². The van der Waals surface area contributed by atoms with Crippen LogP contribution in [0.3, 0.4) is 0 Å². The van der Waals surface area contributed by atoms with Crippen LogP contribution in [0.25, 0.3) is 16.6 Å². The molecule has 0 saturated carbocycles. The van der Waals surface area contributed by atoms with Crippen molar-refractivity contribution in [2.75, 3.05) is 25.1 Å². The van der Waals surface area contributed by atoms with E-state index in [4.69, 9.17) is 9.47 Å². The molecule has 9 nitrogen and oxygen atoms in total. The van der Waals surface area contributed by atoms with Gasteiger partial charge < -0.3 is 19.9 Å². The normalized spacial score (nSPS) is 18.2. The van der Waals surface area contributed by atoms with Gasteiger partial charge in [0.05, 0.1) is 37.6 Å². The quantitative estimate of drug-likeness (QED) is 0.449. The molecule has 176 valence electrons.